The van der Waals surface area contributed by atoms with Crippen molar-refractivity contribution < 1.29 is 9.63 Å². The Morgan fingerprint density at radius 1 is 1.08 bits per heavy atom. The Balaban J connectivity index is 0.00000117. The molecule has 2 aromatic carbocycles. The standard InChI is InChI=1S/C18H19N2O2PS.C2H6/c1-12-13(2)22-19-18(12)20(23)24-17-6-4-3-5-16(17)15-9-7-14(11-21)8-10-15;1-2/h3-10,21H,11,23H2,1-2H3;1-2H3. The van der Waals surface area contributed by atoms with Gasteiger partial charge in [-0.05, 0) is 57.9 Å². The molecular formula is C20H25N2O2PS. The van der Waals surface area contributed by atoms with Crippen LogP contribution in [0.5, 0.6) is 0 Å². The van der Waals surface area contributed by atoms with Gasteiger partial charge in [0.1, 0.15) is 5.76 Å². The molecule has 4 nitrogen and oxygen atoms in total. The smallest absolute Gasteiger partial charge is 0.188 e. The first-order chi connectivity index (χ1) is 12.6. The third-order valence-electron chi connectivity index (χ3n) is 3.87. The van der Waals surface area contributed by atoms with Gasteiger partial charge in [0.15, 0.2) is 5.82 Å². The van der Waals surface area contributed by atoms with E-state index in [1.54, 1.807) is 11.9 Å². The molecule has 6 heteroatoms. The van der Waals surface area contributed by atoms with Crippen molar-refractivity contribution in [3.8, 4) is 11.1 Å². The van der Waals surface area contributed by atoms with E-state index in [0.717, 1.165) is 38.7 Å². The van der Waals surface area contributed by atoms with Crippen LogP contribution in [0.15, 0.2) is 57.9 Å². The van der Waals surface area contributed by atoms with Crippen LogP contribution in [0.4, 0.5) is 5.82 Å². The second kappa shape index (κ2) is 9.77. The van der Waals surface area contributed by atoms with E-state index < -0.39 is 0 Å². The maximum absolute atomic E-state index is 9.20. The van der Waals surface area contributed by atoms with Crippen molar-refractivity contribution in [3.63, 3.8) is 0 Å². The third kappa shape index (κ3) is 4.67. The normalized spacial score (nSPS) is 10.2. The lowest BCUT2D eigenvalue weighted by Crippen LogP contribution is -2.00. The van der Waals surface area contributed by atoms with Gasteiger partial charge in [0.05, 0.1) is 6.61 Å². The van der Waals surface area contributed by atoms with Gasteiger partial charge in [0.25, 0.3) is 0 Å². The summed E-state index contributed by atoms with van der Waals surface area (Å²) in [6.45, 7) is 7.96. The SMILES string of the molecule is CC.Cc1onc(N(P)Sc2ccccc2-c2ccc(CO)cc2)c1C. The second-order valence-corrected chi connectivity index (χ2v) is 7.36. The number of aryl methyl sites for hydroxylation is 1. The topological polar surface area (TPSA) is 49.5 Å². The second-order valence-electron chi connectivity index (χ2n) is 5.46. The van der Waals surface area contributed by atoms with E-state index >= 15 is 0 Å². The minimum atomic E-state index is 0.0564. The molecule has 1 unspecified atom stereocenters. The Morgan fingerprint density at radius 2 is 1.73 bits per heavy atom. The van der Waals surface area contributed by atoms with Gasteiger partial charge in [-0.2, -0.15) is 0 Å². The third-order valence-corrected chi connectivity index (χ3v) is 5.36. The average molecular weight is 388 g/mol. The van der Waals surface area contributed by atoms with E-state index in [4.69, 9.17) is 4.52 Å². The lowest BCUT2D eigenvalue weighted by Gasteiger charge is -2.17. The lowest BCUT2D eigenvalue weighted by molar-refractivity contribution is 0.282. The molecule has 0 amide bonds. The number of rotatable bonds is 5. The molecule has 0 spiro atoms. The molecule has 3 rings (SSSR count). The van der Waals surface area contributed by atoms with Crippen LogP contribution in [0.1, 0.15) is 30.7 Å². The highest BCUT2D eigenvalue weighted by atomic mass is 32.2. The Morgan fingerprint density at radius 3 is 2.31 bits per heavy atom. The molecule has 0 fully saturated rings. The van der Waals surface area contributed by atoms with Crippen LogP contribution in [-0.2, 0) is 6.61 Å². The monoisotopic (exact) mass is 388 g/mol. The van der Waals surface area contributed by atoms with E-state index in [0.29, 0.717) is 0 Å². The summed E-state index contributed by atoms with van der Waals surface area (Å²) in [7, 11) is 2.68. The van der Waals surface area contributed by atoms with E-state index in [-0.39, 0.29) is 6.61 Å². The molecule has 1 atom stereocenters. The number of hydrogen-bond acceptors (Lipinski definition) is 5. The number of nitrogens with zero attached hydrogens (tertiary/aromatic N) is 2. The zero-order valence-electron chi connectivity index (χ0n) is 15.6. The predicted octanol–water partition coefficient (Wildman–Crippen LogP) is 5.78. The van der Waals surface area contributed by atoms with Crippen LogP contribution >= 0.6 is 21.3 Å². The fraction of sp³-hybridized carbons (Fsp3) is 0.250. The summed E-state index contributed by atoms with van der Waals surface area (Å²) in [5.74, 6) is 1.62. The van der Waals surface area contributed by atoms with Gasteiger partial charge in [-0.1, -0.05) is 61.5 Å². The molecule has 138 valence electrons. The molecule has 0 bridgehead atoms. The quantitative estimate of drug-likeness (QED) is 0.443. The van der Waals surface area contributed by atoms with Gasteiger partial charge in [-0.15, -0.1) is 0 Å². The van der Waals surface area contributed by atoms with Gasteiger partial charge in [0.2, 0.25) is 0 Å². The number of benzene rings is 2. The van der Waals surface area contributed by atoms with Gasteiger partial charge < -0.3 is 9.63 Å². The fourth-order valence-corrected chi connectivity index (χ4v) is 3.81. The van der Waals surface area contributed by atoms with E-state index in [2.05, 4.69) is 26.7 Å². The minimum Gasteiger partial charge on any atom is -0.392 e. The first kappa shape index (κ1) is 20.5. The van der Waals surface area contributed by atoms with Crippen LogP contribution < -0.4 is 4.08 Å². The number of hydrogen-bond donors (Lipinski definition) is 1. The maximum Gasteiger partial charge on any atom is 0.188 e. The van der Waals surface area contributed by atoms with Crippen molar-refractivity contribution >= 4 is 27.2 Å². The van der Waals surface area contributed by atoms with Crippen LogP contribution in [0.2, 0.25) is 0 Å². The van der Waals surface area contributed by atoms with Gasteiger partial charge in [-0.3, -0.25) is 4.08 Å². The molecule has 0 aliphatic rings. The van der Waals surface area contributed by atoms with Crippen LogP contribution in [0.25, 0.3) is 11.1 Å². The summed E-state index contributed by atoms with van der Waals surface area (Å²) >= 11 is 1.58. The highest BCUT2D eigenvalue weighted by Gasteiger charge is 2.16. The van der Waals surface area contributed by atoms with Gasteiger partial charge >= 0.3 is 0 Å². The minimum absolute atomic E-state index is 0.0564. The van der Waals surface area contributed by atoms with Gasteiger partial charge in [0, 0.05) is 10.5 Å². The molecule has 1 N–H and O–H groups in total. The molecule has 0 aliphatic heterocycles. The predicted molar refractivity (Wildman–Crippen MR) is 113 cm³/mol. The maximum atomic E-state index is 9.20. The molecule has 1 aromatic heterocycles. The van der Waals surface area contributed by atoms with E-state index in [9.17, 15) is 5.11 Å². The summed E-state index contributed by atoms with van der Waals surface area (Å²) in [6, 6.07) is 16.2. The average Bonchev–Trinajstić information content (AvgIpc) is 3.03. The number of aliphatic hydroxyl groups is 1. The number of aromatic nitrogens is 1. The molecule has 0 radical (unpaired) electrons. The van der Waals surface area contributed by atoms with Crippen molar-refractivity contribution in [1.29, 1.82) is 0 Å². The van der Waals surface area contributed by atoms with Crippen molar-refractivity contribution in [2.45, 2.75) is 39.2 Å². The first-order valence-electron chi connectivity index (χ1n) is 8.55. The summed E-state index contributed by atoms with van der Waals surface area (Å²) < 4.78 is 7.19. The summed E-state index contributed by atoms with van der Waals surface area (Å²) in [6.07, 6.45) is 0. The fourth-order valence-electron chi connectivity index (χ4n) is 2.34. The summed E-state index contributed by atoms with van der Waals surface area (Å²) in [5, 5.41) is 13.3. The first-order valence-corrected chi connectivity index (χ1v) is 9.84. The molecule has 1 heterocycles. The number of anilines is 1. The Bertz CT molecular complexity index is 834. The summed E-state index contributed by atoms with van der Waals surface area (Å²) in [5.41, 5.74) is 4.19. The Kier molecular flexibility index (Phi) is 7.70. The van der Waals surface area contributed by atoms with Crippen molar-refractivity contribution in [1.82, 2.24) is 5.16 Å². The molecule has 0 saturated heterocycles. The highest BCUT2D eigenvalue weighted by molar-refractivity contribution is 8.04. The molecule has 26 heavy (non-hydrogen) atoms. The van der Waals surface area contributed by atoms with E-state index in [1.165, 1.54) is 0 Å². The van der Waals surface area contributed by atoms with Crippen molar-refractivity contribution in [3.05, 3.63) is 65.4 Å². The Labute approximate surface area is 162 Å². The van der Waals surface area contributed by atoms with E-state index in [1.807, 2.05) is 68.2 Å². The van der Waals surface area contributed by atoms with Crippen LogP contribution in [-0.4, -0.2) is 10.3 Å². The van der Waals surface area contributed by atoms with Crippen molar-refractivity contribution in [2.75, 3.05) is 4.08 Å². The van der Waals surface area contributed by atoms with Crippen LogP contribution in [0, 0.1) is 13.8 Å². The van der Waals surface area contributed by atoms with Crippen LogP contribution in [0.3, 0.4) is 0 Å². The lowest BCUT2D eigenvalue weighted by atomic mass is 10.0. The largest absolute Gasteiger partial charge is 0.392 e. The summed E-state index contributed by atoms with van der Waals surface area (Å²) in [4.78, 5) is 1.12. The van der Waals surface area contributed by atoms with Gasteiger partial charge in [-0.25, -0.2) is 0 Å². The molecule has 3 aromatic rings. The molecule has 0 aliphatic carbocycles. The number of aliphatic hydroxyl groups excluding tert-OH is 1. The highest BCUT2D eigenvalue weighted by Crippen LogP contribution is 2.39. The zero-order chi connectivity index (χ0) is 19.1. The Hall–Kier alpha value is -1.81. The molecule has 0 saturated carbocycles. The zero-order valence-corrected chi connectivity index (χ0v) is 17.5. The molecular weight excluding hydrogens is 363 g/mol. The van der Waals surface area contributed by atoms with Crippen molar-refractivity contribution in [2.24, 2.45) is 0 Å².